The van der Waals surface area contributed by atoms with Gasteiger partial charge in [0.25, 0.3) is 5.91 Å². The summed E-state index contributed by atoms with van der Waals surface area (Å²) in [5.41, 5.74) is 0.539. The SMILES string of the molecule is O=C(c1ccccn1)N1C[C@H]2CCN(c3cnccn3)C[C@H]2C1. The van der Waals surface area contributed by atoms with E-state index < -0.39 is 0 Å². The van der Waals surface area contributed by atoms with Gasteiger partial charge in [0.1, 0.15) is 11.5 Å². The molecule has 2 aromatic rings. The number of likely N-dealkylation sites (tertiary alicyclic amines) is 1. The molecule has 1 amide bonds. The van der Waals surface area contributed by atoms with Crippen LogP contribution in [-0.2, 0) is 0 Å². The Morgan fingerprint density at radius 3 is 2.74 bits per heavy atom. The molecule has 4 heterocycles. The van der Waals surface area contributed by atoms with Gasteiger partial charge in [0, 0.05) is 44.8 Å². The molecular weight excluding hydrogens is 290 g/mol. The Hall–Kier alpha value is -2.50. The Morgan fingerprint density at radius 1 is 1.04 bits per heavy atom. The number of piperidine rings is 1. The van der Waals surface area contributed by atoms with Crippen LogP contribution >= 0.6 is 0 Å². The number of amides is 1. The normalized spacial score (nSPS) is 23.7. The third-order valence-electron chi connectivity index (χ3n) is 4.85. The van der Waals surface area contributed by atoms with Crippen molar-refractivity contribution in [1.82, 2.24) is 19.9 Å². The lowest BCUT2D eigenvalue weighted by atomic mass is 9.89. The molecule has 2 aliphatic heterocycles. The van der Waals surface area contributed by atoms with E-state index in [9.17, 15) is 4.79 Å². The highest BCUT2D eigenvalue weighted by atomic mass is 16.2. The summed E-state index contributed by atoms with van der Waals surface area (Å²) in [6, 6.07) is 5.48. The monoisotopic (exact) mass is 309 g/mol. The van der Waals surface area contributed by atoms with Crippen molar-refractivity contribution in [2.75, 3.05) is 31.1 Å². The standard InChI is InChI=1S/C17H19N5O/c23-17(15-3-1-2-5-19-15)22-10-13-4-8-21(11-14(13)12-22)16-9-18-6-7-20-16/h1-3,5-7,9,13-14H,4,8,10-12H2/t13-,14+/m1/s1. The van der Waals surface area contributed by atoms with Crippen molar-refractivity contribution in [3.8, 4) is 0 Å². The van der Waals surface area contributed by atoms with Crippen LogP contribution in [-0.4, -0.2) is 51.9 Å². The van der Waals surface area contributed by atoms with Crippen molar-refractivity contribution in [3.05, 3.63) is 48.7 Å². The molecule has 118 valence electrons. The maximum atomic E-state index is 12.6. The minimum Gasteiger partial charge on any atom is -0.355 e. The van der Waals surface area contributed by atoms with Crippen LogP contribution in [0.4, 0.5) is 5.82 Å². The molecule has 23 heavy (non-hydrogen) atoms. The molecule has 0 bridgehead atoms. The summed E-state index contributed by atoms with van der Waals surface area (Å²) in [6.45, 7) is 3.56. The van der Waals surface area contributed by atoms with Crippen LogP contribution in [0, 0.1) is 11.8 Å². The fraction of sp³-hybridized carbons (Fsp3) is 0.412. The van der Waals surface area contributed by atoms with E-state index in [1.54, 1.807) is 24.7 Å². The number of carbonyl (C=O) groups is 1. The molecule has 0 radical (unpaired) electrons. The summed E-state index contributed by atoms with van der Waals surface area (Å²) in [5.74, 6) is 2.06. The quantitative estimate of drug-likeness (QED) is 0.840. The molecule has 6 heteroatoms. The zero-order valence-electron chi connectivity index (χ0n) is 12.9. The van der Waals surface area contributed by atoms with Gasteiger partial charge in [-0.2, -0.15) is 0 Å². The second-order valence-electron chi connectivity index (χ2n) is 6.24. The number of pyridine rings is 1. The number of anilines is 1. The Bertz CT molecular complexity index is 678. The first-order valence-corrected chi connectivity index (χ1v) is 8.02. The molecular formula is C17H19N5O. The van der Waals surface area contributed by atoms with E-state index in [-0.39, 0.29) is 5.91 Å². The van der Waals surface area contributed by atoms with E-state index >= 15 is 0 Å². The summed E-state index contributed by atoms with van der Waals surface area (Å²) < 4.78 is 0. The van der Waals surface area contributed by atoms with Gasteiger partial charge in [0.2, 0.25) is 0 Å². The summed E-state index contributed by atoms with van der Waals surface area (Å²) in [7, 11) is 0. The van der Waals surface area contributed by atoms with Crippen LogP contribution in [0.25, 0.3) is 0 Å². The Kier molecular flexibility index (Phi) is 3.65. The van der Waals surface area contributed by atoms with Gasteiger partial charge in [-0.3, -0.25) is 14.8 Å². The molecule has 2 saturated heterocycles. The zero-order valence-corrected chi connectivity index (χ0v) is 12.9. The smallest absolute Gasteiger partial charge is 0.272 e. The highest BCUT2D eigenvalue weighted by Crippen LogP contribution is 2.33. The highest BCUT2D eigenvalue weighted by molar-refractivity contribution is 5.92. The lowest BCUT2D eigenvalue weighted by molar-refractivity contribution is 0.0778. The number of hydrogen-bond donors (Lipinski definition) is 0. The summed E-state index contributed by atoms with van der Waals surface area (Å²) in [6.07, 6.45) is 8.00. The first kappa shape index (κ1) is 14.1. The number of nitrogens with zero attached hydrogens (tertiary/aromatic N) is 5. The predicted octanol–water partition coefficient (Wildman–Crippen LogP) is 1.47. The molecule has 0 unspecified atom stereocenters. The third-order valence-corrected chi connectivity index (χ3v) is 4.85. The van der Waals surface area contributed by atoms with Crippen molar-refractivity contribution in [2.24, 2.45) is 11.8 Å². The number of aromatic nitrogens is 3. The van der Waals surface area contributed by atoms with Crippen molar-refractivity contribution in [1.29, 1.82) is 0 Å². The molecule has 0 aromatic carbocycles. The van der Waals surface area contributed by atoms with Gasteiger partial charge in [-0.1, -0.05) is 6.07 Å². The van der Waals surface area contributed by atoms with Crippen molar-refractivity contribution < 1.29 is 4.79 Å². The highest BCUT2D eigenvalue weighted by Gasteiger charge is 2.39. The minimum atomic E-state index is 0.0473. The average Bonchev–Trinajstić information content (AvgIpc) is 3.06. The molecule has 2 aliphatic rings. The van der Waals surface area contributed by atoms with Crippen molar-refractivity contribution in [2.45, 2.75) is 6.42 Å². The molecule has 0 saturated carbocycles. The van der Waals surface area contributed by atoms with Gasteiger partial charge in [0.15, 0.2) is 0 Å². The van der Waals surface area contributed by atoms with E-state index in [1.165, 1.54) is 0 Å². The van der Waals surface area contributed by atoms with Crippen LogP contribution in [0.1, 0.15) is 16.9 Å². The third kappa shape index (κ3) is 2.76. The fourth-order valence-electron chi connectivity index (χ4n) is 3.65. The molecule has 0 spiro atoms. The average molecular weight is 309 g/mol. The van der Waals surface area contributed by atoms with Crippen LogP contribution in [0.15, 0.2) is 43.0 Å². The number of fused-ring (bicyclic) bond motifs is 1. The second kappa shape index (κ2) is 5.95. The van der Waals surface area contributed by atoms with Gasteiger partial charge in [-0.05, 0) is 30.4 Å². The molecule has 0 aliphatic carbocycles. The Labute approximate surface area is 135 Å². The van der Waals surface area contributed by atoms with Gasteiger partial charge in [0.05, 0.1) is 6.20 Å². The van der Waals surface area contributed by atoms with Gasteiger partial charge in [-0.25, -0.2) is 4.98 Å². The van der Waals surface area contributed by atoms with Crippen molar-refractivity contribution in [3.63, 3.8) is 0 Å². The topological polar surface area (TPSA) is 62.2 Å². The van der Waals surface area contributed by atoms with E-state index in [0.717, 1.165) is 38.4 Å². The number of rotatable bonds is 2. The van der Waals surface area contributed by atoms with Crippen LogP contribution in [0.3, 0.4) is 0 Å². The summed E-state index contributed by atoms with van der Waals surface area (Å²) in [5, 5.41) is 0. The van der Waals surface area contributed by atoms with Crippen LogP contribution < -0.4 is 4.90 Å². The van der Waals surface area contributed by atoms with E-state index in [4.69, 9.17) is 0 Å². The molecule has 2 aromatic heterocycles. The van der Waals surface area contributed by atoms with Crippen LogP contribution in [0.5, 0.6) is 0 Å². The van der Waals surface area contributed by atoms with Gasteiger partial charge < -0.3 is 9.80 Å². The zero-order chi connectivity index (χ0) is 15.6. The number of hydrogen-bond acceptors (Lipinski definition) is 5. The maximum absolute atomic E-state index is 12.6. The second-order valence-corrected chi connectivity index (χ2v) is 6.24. The predicted molar refractivity (Wildman–Crippen MR) is 86.0 cm³/mol. The largest absolute Gasteiger partial charge is 0.355 e. The maximum Gasteiger partial charge on any atom is 0.272 e. The molecule has 0 N–H and O–H groups in total. The first-order valence-electron chi connectivity index (χ1n) is 8.02. The lowest BCUT2D eigenvalue weighted by Crippen LogP contribution is -2.40. The summed E-state index contributed by atoms with van der Waals surface area (Å²) >= 11 is 0. The van der Waals surface area contributed by atoms with Crippen molar-refractivity contribution >= 4 is 11.7 Å². The lowest BCUT2D eigenvalue weighted by Gasteiger charge is -2.34. The summed E-state index contributed by atoms with van der Waals surface area (Å²) in [4.78, 5) is 29.5. The number of carbonyl (C=O) groups excluding carboxylic acids is 1. The Morgan fingerprint density at radius 2 is 1.96 bits per heavy atom. The van der Waals surface area contributed by atoms with Gasteiger partial charge in [-0.15, -0.1) is 0 Å². The van der Waals surface area contributed by atoms with E-state index in [1.807, 2.05) is 23.2 Å². The van der Waals surface area contributed by atoms with Crippen LogP contribution in [0.2, 0.25) is 0 Å². The Balaban J connectivity index is 1.45. The van der Waals surface area contributed by atoms with E-state index in [2.05, 4.69) is 19.9 Å². The first-order chi connectivity index (χ1) is 11.3. The van der Waals surface area contributed by atoms with E-state index in [0.29, 0.717) is 17.5 Å². The molecule has 2 atom stereocenters. The molecule has 2 fully saturated rings. The molecule has 4 rings (SSSR count). The van der Waals surface area contributed by atoms with Gasteiger partial charge >= 0.3 is 0 Å². The fourth-order valence-corrected chi connectivity index (χ4v) is 3.65. The molecule has 6 nitrogen and oxygen atoms in total. The minimum absolute atomic E-state index is 0.0473.